The number of carbonyl (C=O) groups is 3. The highest BCUT2D eigenvalue weighted by Crippen LogP contribution is 2.13. The summed E-state index contributed by atoms with van der Waals surface area (Å²) in [6.45, 7) is 0. The van der Waals surface area contributed by atoms with Crippen molar-refractivity contribution in [1.29, 1.82) is 0 Å². The number of carboxylic acids is 3. The third-order valence-corrected chi connectivity index (χ3v) is 14.4. The fourth-order valence-corrected chi connectivity index (χ4v) is 10.7. The number of hydrogen-bond donors (Lipinski definition) is 1. The zero-order valence-corrected chi connectivity index (χ0v) is 34.2. The first kappa shape index (κ1) is 42.3. The van der Waals surface area contributed by atoms with Crippen molar-refractivity contribution in [2.75, 3.05) is 0 Å². The van der Waals surface area contributed by atoms with Crippen molar-refractivity contribution in [1.82, 2.24) is 0 Å². The van der Waals surface area contributed by atoms with Crippen LogP contribution in [0.2, 0.25) is 0 Å². The van der Waals surface area contributed by atoms with Gasteiger partial charge in [-0.05, 0) is 72.8 Å². The van der Waals surface area contributed by atoms with E-state index in [0.717, 1.165) is 0 Å². The molecule has 0 saturated heterocycles. The molecule has 6 rings (SSSR count). The SMILES string of the molecule is O=C([O-])CC(O)(CC(=O)[O-])C(=O)[O-].c1ccc([I+]c2ccccc2)cc1.c1ccc([I+]c2ccccc2)cc1.c1ccc([I+]c2ccccc2)cc1. The van der Waals surface area contributed by atoms with E-state index in [1.54, 1.807) is 0 Å². The maximum atomic E-state index is 10.1. The first-order chi connectivity index (χ1) is 25.1. The number of benzene rings is 6. The molecule has 0 aromatic heterocycles. The van der Waals surface area contributed by atoms with Crippen LogP contribution in [-0.4, -0.2) is 28.6 Å². The van der Waals surface area contributed by atoms with Crippen LogP contribution in [-0.2, 0) is 14.4 Å². The van der Waals surface area contributed by atoms with E-state index in [-0.39, 0.29) is 63.6 Å². The molecular formula is C42H35I3O7. The van der Waals surface area contributed by atoms with Crippen LogP contribution < -0.4 is 78.9 Å². The topological polar surface area (TPSA) is 141 Å². The van der Waals surface area contributed by atoms with Crippen LogP contribution in [0.5, 0.6) is 0 Å². The summed E-state index contributed by atoms with van der Waals surface area (Å²) in [6.07, 6.45) is -2.72. The van der Waals surface area contributed by atoms with Crippen LogP contribution in [0.1, 0.15) is 12.8 Å². The predicted octanol–water partition coefficient (Wildman–Crippen LogP) is -5.81. The summed E-state index contributed by atoms with van der Waals surface area (Å²) < 4.78 is 8.88. The maximum Gasteiger partial charge on any atom is 0.357 e. The number of halogens is 3. The lowest BCUT2D eigenvalue weighted by atomic mass is 9.96. The molecule has 0 aliphatic rings. The minimum absolute atomic E-state index is 0.0287. The summed E-state index contributed by atoms with van der Waals surface area (Å²) in [6, 6.07) is 64.2. The van der Waals surface area contributed by atoms with Gasteiger partial charge in [0.05, 0.1) is 5.97 Å². The lowest BCUT2D eigenvalue weighted by Crippen LogP contribution is -3.61. The van der Waals surface area contributed by atoms with Gasteiger partial charge in [-0.25, -0.2) is 0 Å². The molecule has 0 bridgehead atoms. The largest absolute Gasteiger partial charge is 0.550 e. The minimum Gasteiger partial charge on any atom is -0.550 e. The predicted molar refractivity (Wildman–Crippen MR) is 180 cm³/mol. The van der Waals surface area contributed by atoms with Crippen LogP contribution in [0.4, 0.5) is 0 Å². The first-order valence-corrected chi connectivity index (χ1v) is 22.2. The Kier molecular flexibility index (Phi) is 19.7. The molecule has 0 heterocycles. The molecule has 0 aliphatic carbocycles. The third-order valence-electron chi connectivity index (χ3n) is 6.31. The molecule has 0 fully saturated rings. The van der Waals surface area contributed by atoms with E-state index in [1.807, 2.05) is 0 Å². The molecule has 7 nitrogen and oxygen atoms in total. The monoisotopic (exact) mass is 1030 g/mol. The zero-order valence-electron chi connectivity index (χ0n) is 27.8. The van der Waals surface area contributed by atoms with E-state index in [9.17, 15) is 29.7 Å². The molecule has 52 heavy (non-hydrogen) atoms. The van der Waals surface area contributed by atoms with E-state index in [1.165, 1.54) is 21.4 Å². The van der Waals surface area contributed by atoms with Gasteiger partial charge in [0, 0.05) is 24.8 Å². The highest BCUT2D eigenvalue weighted by molar-refractivity contribution is 5.86. The summed E-state index contributed by atoms with van der Waals surface area (Å²) in [7, 11) is 0. The van der Waals surface area contributed by atoms with Gasteiger partial charge in [0.2, 0.25) is 0 Å². The summed E-state index contributed by atoms with van der Waals surface area (Å²) in [5.41, 5.74) is -2.97. The number of carboxylic acid groups (broad SMARTS) is 3. The molecule has 1 N–H and O–H groups in total. The molecule has 0 saturated carbocycles. The third kappa shape index (κ3) is 17.9. The van der Waals surface area contributed by atoms with Crippen LogP contribution in [0, 0.1) is 21.4 Å². The van der Waals surface area contributed by atoms with Crippen LogP contribution >= 0.6 is 0 Å². The van der Waals surface area contributed by atoms with E-state index in [4.69, 9.17) is 5.11 Å². The Labute approximate surface area is 335 Å². The number of aliphatic hydroxyl groups is 1. The number of rotatable bonds is 11. The molecule has 0 spiro atoms. The van der Waals surface area contributed by atoms with Gasteiger partial charge < -0.3 is 34.8 Å². The molecular weight excluding hydrogens is 997 g/mol. The normalized spacial score (nSPS) is 10.1. The fourth-order valence-electron chi connectivity index (χ4n) is 3.93. The minimum atomic E-state index is -2.97. The van der Waals surface area contributed by atoms with Gasteiger partial charge in [-0.1, -0.05) is 109 Å². The Morgan fingerprint density at radius 2 is 0.558 bits per heavy atom. The molecule has 6 aromatic rings. The van der Waals surface area contributed by atoms with Gasteiger partial charge in [0.25, 0.3) is 0 Å². The average Bonchev–Trinajstić information content (AvgIpc) is 3.14. The highest BCUT2D eigenvalue weighted by Gasteiger charge is 2.29. The van der Waals surface area contributed by atoms with Crippen molar-refractivity contribution in [3.63, 3.8) is 0 Å². The standard InChI is InChI=1S/3C12H10I.C6H8O7/c3*1-3-7-11(8-4-1)13-12-9-5-2-6-10-12;7-3(8)1-6(13,5(11)12)2-4(9)10/h3*1-10H;13H,1-2H2,(H,7,8)(H,9,10)(H,11,12)/q3*+1;/p-3. The second-order valence-electron chi connectivity index (χ2n) is 10.5. The van der Waals surface area contributed by atoms with Crippen LogP contribution in [0.3, 0.4) is 0 Å². The number of hydrogen-bond acceptors (Lipinski definition) is 7. The fraction of sp³-hybridized carbons (Fsp3) is 0.0714. The zero-order chi connectivity index (χ0) is 37.4. The van der Waals surface area contributed by atoms with Gasteiger partial charge >= 0.3 is 63.6 Å². The molecule has 0 radical (unpaired) electrons. The van der Waals surface area contributed by atoms with E-state index in [2.05, 4.69) is 182 Å². The van der Waals surface area contributed by atoms with Gasteiger partial charge in [-0.3, -0.25) is 0 Å². The molecule has 0 aliphatic heterocycles. The van der Waals surface area contributed by atoms with E-state index >= 15 is 0 Å². The molecule has 266 valence electrons. The van der Waals surface area contributed by atoms with Crippen molar-refractivity contribution in [3.05, 3.63) is 203 Å². The number of aliphatic carboxylic acids is 3. The van der Waals surface area contributed by atoms with Crippen molar-refractivity contribution in [2.45, 2.75) is 18.4 Å². The summed E-state index contributed by atoms with van der Waals surface area (Å²) in [5.74, 6) is -5.98. The Hall–Kier alpha value is -4.12. The highest BCUT2D eigenvalue weighted by atomic mass is 127. The van der Waals surface area contributed by atoms with Crippen molar-refractivity contribution < 1.29 is 98.4 Å². The molecule has 10 heteroatoms. The second-order valence-corrected chi connectivity index (χ2v) is 19.6. The summed E-state index contributed by atoms with van der Waals surface area (Å²) in [5, 5.41) is 38.9. The molecule has 6 aromatic carbocycles. The smallest absolute Gasteiger partial charge is 0.357 e. The van der Waals surface area contributed by atoms with Crippen LogP contribution in [0.25, 0.3) is 0 Å². The van der Waals surface area contributed by atoms with Gasteiger partial charge in [-0.15, -0.1) is 0 Å². The molecule has 0 unspecified atom stereocenters. The second kappa shape index (κ2) is 24.2. The lowest BCUT2D eigenvalue weighted by Gasteiger charge is -2.29. The molecule has 0 amide bonds. The van der Waals surface area contributed by atoms with Crippen molar-refractivity contribution in [3.8, 4) is 0 Å². The van der Waals surface area contributed by atoms with Crippen molar-refractivity contribution >= 4 is 17.9 Å². The summed E-state index contributed by atoms with van der Waals surface area (Å²) >= 11 is 0.0861. The molecule has 0 atom stereocenters. The number of carbonyl (C=O) groups excluding carboxylic acids is 3. The average molecular weight is 1030 g/mol. The van der Waals surface area contributed by atoms with E-state index in [0.29, 0.717) is 0 Å². The Morgan fingerprint density at radius 3 is 0.692 bits per heavy atom. The Morgan fingerprint density at radius 1 is 0.385 bits per heavy atom. The maximum absolute atomic E-state index is 10.1. The first-order valence-electron chi connectivity index (χ1n) is 15.7. The van der Waals surface area contributed by atoms with Gasteiger partial charge in [-0.2, -0.15) is 0 Å². The van der Waals surface area contributed by atoms with E-state index < -0.39 is 36.4 Å². The summed E-state index contributed by atoms with van der Waals surface area (Å²) in [4.78, 5) is 30.0. The van der Waals surface area contributed by atoms with Gasteiger partial charge in [0.1, 0.15) is 5.60 Å². The lowest BCUT2D eigenvalue weighted by molar-refractivity contribution is -0.597. The van der Waals surface area contributed by atoms with Crippen molar-refractivity contribution in [2.24, 2.45) is 0 Å². The van der Waals surface area contributed by atoms with Gasteiger partial charge in [0.15, 0.2) is 21.4 Å². The Balaban J connectivity index is 0.000000187. The quantitative estimate of drug-likeness (QED) is 0.128. The van der Waals surface area contributed by atoms with Crippen LogP contribution in [0.15, 0.2) is 182 Å². The Bertz CT molecular complexity index is 1570.